The summed E-state index contributed by atoms with van der Waals surface area (Å²) in [5.41, 5.74) is 0. The Hall–Kier alpha value is -1.14. The minimum Gasteiger partial charge on any atom is -0.493 e. The Morgan fingerprint density at radius 2 is 1.79 bits per heavy atom. The quantitative estimate of drug-likeness (QED) is 0.330. The molecule has 0 fully saturated rings. The Balaban J connectivity index is 2.67. The van der Waals surface area contributed by atoms with Gasteiger partial charge in [0, 0.05) is 0 Å². The van der Waals surface area contributed by atoms with Gasteiger partial charge in [-0.25, -0.2) is 0 Å². The van der Waals surface area contributed by atoms with Crippen molar-refractivity contribution in [3.63, 3.8) is 0 Å². The van der Waals surface area contributed by atoms with Crippen LogP contribution in [0, 0.1) is 0 Å². The second-order valence-electron chi connectivity index (χ2n) is 5.00. The van der Waals surface area contributed by atoms with Crippen LogP contribution in [0.1, 0.15) is 12.8 Å². The Morgan fingerprint density at radius 3 is 2.29 bits per heavy atom. The monoisotopic (exact) mass is 396 g/mol. The highest BCUT2D eigenvalue weighted by atomic mass is 32.2. The summed E-state index contributed by atoms with van der Waals surface area (Å²) in [6.07, 6.45) is 0.288. The number of ether oxygens (including phenoxy) is 2. The molecule has 0 aliphatic heterocycles. The number of hydrogen-bond acceptors (Lipinski definition) is 6. The van der Waals surface area contributed by atoms with Gasteiger partial charge in [-0.1, -0.05) is 24.6 Å². The van der Waals surface area contributed by atoms with Crippen LogP contribution in [0.2, 0.25) is 6.04 Å². The average Bonchev–Trinajstić information content (AvgIpc) is 2.47. The Kier molecular flexibility index (Phi) is 7.67. The number of methoxy groups -OCH3 is 2. The summed E-state index contributed by atoms with van der Waals surface area (Å²) in [4.78, 5) is 0. The van der Waals surface area contributed by atoms with Crippen molar-refractivity contribution in [3.05, 3.63) is 18.2 Å². The van der Waals surface area contributed by atoms with Crippen molar-refractivity contribution in [1.29, 1.82) is 0 Å². The van der Waals surface area contributed by atoms with Gasteiger partial charge in [0.1, 0.15) is 5.25 Å². The normalized spacial score (nSPS) is 13.5. The summed E-state index contributed by atoms with van der Waals surface area (Å²) in [6, 6.07) is 6.00. The Morgan fingerprint density at radius 1 is 1.12 bits per heavy atom. The summed E-state index contributed by atoms with van der Waals surface area (Å²) < 4.78 is 72.4. The van der Waals surface area contributed by atoms with E-state index in [0.29, 0.717) is 24.0 Å². The van der Waals surface area contributed by atoms with E-state index in [1.165, 1.54) is 14.2 Å². The van der Waals surface area contributed by atoms with E-state index in [2.05, 4.69) is 0 Å². The third kappa shape index (κ3) is 6.77. The van der Waals surface area contributed by atoms with Gasteiger partial charge in [-0.2, -0.15) is 16.8 Å². The standard InChI is InChI=1S/C13H20O8S2Si/c1-20-11-6-3-7-12(13(11)21-2)24-8-4-5-10(23(17,18)19)9-22(14,15)16/h3,6-7,10H,4-5,8-9H2,1-2H3,(H,14,15,16)(H,17,18,19). The largest absolute Gasteiger partial charge is 0.493 e. The predicted molar refractivity (Wildman–Crippen MR) is 90.7 cm³/mol. The molecule has 0 bridgehead atoms. The Bertz CT molecular complexity index is 745. The first-order valence-electron chi connectivity index (χ1n) is 6.95. The molecule has 1 aromatic rings. The van der Waals surface area contributed by atoms with Gasteiger partial charge >= 0.3 is 0 Å². The number of rotatable bonds is 10. The van der Waals surface area contributed by atoms with E-state index in [-0.39, 0.29) is 15.9 Å². The summed E-state index contributed by atoms with van der Waals surface area (Å²) in [7, 11) is -5.70. The number of benzene rings is 1. The molecule has 24 heavy (non-hydrogen) atoms. The molecule has 11 heteroatoms. The third-order valence-corrected chi connectivity index (χ3v) is 6.90. The van der Waals surface area contributed by atoms with E-state index in [4.69, 9.17) is 18.6 Å². The highest BCUT2D eigenvalue weighted by Gasteiger charge is 2.27. The van der Waals surface area contributed by atoms with Gasteiger partial charge in [-0.15, -0.1) is 0 Å². The first-order chi connectivity index (χ1) is 11.1. The summed E-state index contributed by atoms with van der Waals surface area (Å²) in [5, 5.41) is -0.639. The van der Waals surface area contributed by atoms with Crippen LogP contribution in [-0.4, -0.2) is 60.7 Å². The van der Waals surface area contributed by atoms with E-state index < -0.39 is 31.2 Å². The summed E-state index contributed by atoms with van der Waals surface area (Å²) >= 11 is 0. The molecule has 0 saturated heterocycles. The summed E-state index contributed by atoms with van der Waals surface area (Å²) in [6.45, 7) is 0. The molecule has 2 radical (unpaired) electrons. The molecule has 0 aliphatic rings. The van der Waals surface area contributed by atoms with Crippen molar-refractivity contribution in [2.24, 2.45) is 0 Å². The lowest BCUT2D eigenvalue weighted by molar-refractivity contribution is 0.357. The minimum atomic E-state index is -4.55. The van der Waals surface area contributed by atoms with E-state index in [9.17, 15) is 16.8 Å². The maximum absolute atomic E-state index is 11.2. The zero-order valence-electron chi connectivity index (χ0n) is 13.3. The fourth-order valence-corrected chi connectivity index (χ4v) is 5.69. The molecule has 0 spiro atoms. The van der Waals surface area contributed by atoms with Gasteiger partial charge in [0.2, 0.25) is 0 Å². The molecule has 1 unspecified atom stereocenters. The van der Waals surface area contributed by atoms with E-state index in [1.54, 1.807) is 6.07 Å². The lowest BCUT2D eigenvalue weighted by Crippen LogP contribution is -2.29. The maximum atomic E-state index is 11.2. The van der Waals surface area contributed by atoms with Crippen molar-refractivity contribution in [3.8, 4) is 11.5 Å². The SMILES string of the molecule is COc1cccc([Si]CCCC(CS(=O)(=O)O)S(=O)(=O)O)c1OC. The van der Waals surface area contributed by atoms with Crippen LogP contribution in [0.3, 0.4) is 0 Å². The fraction of sp³-hybridized carbons (Fsp3) is 0.538. The molecule has 0 heterocycles. The molecular weight excluding hydrogens is 376 g/mol. The van der Waals surface area contributed by atoms with Crippen LogP contribution in [0.5, 0.6) is 11.5 Å². The van der Waals surface area contributed by atoms with Gasteiger partial charge in [0.15, 0.2) is 11.5 Å². The molecule has 2 N–H and O–H groups in total. The van der Waals surface area contributed by atoms with Crippen LogP contribution >= 0.6 is 0 Å². The highest BCUT2D eigenvalue weighted by Crippen LogP contribution is 2.23. The van der Waals surface area contributed by atoms with Crippen molar-refractivity contribution in [2.45, 2.75) is 24.1 Å². The van der Waals surface area contributed by atoms with Crippen LogP contribution in [0.25, 0.3) is 0 Å². The molecule has 0 aliphatic carbocycles. The van der Waals surface area contributed by atoms with E-state index >= 15 is 0 Å². The summed E-state index contributed by atoms with van der Waals surface area (Å²) in [5.74, 6) is 0.171. The van der Waals surface area contributed by atoms with Crippen molar-refractivity contribution in [2.75, 3.05) is 20.0 Å². The third-order valence-electron chi connectivity index (χ3n) is 3.24. The van der Waals surface area contributed by atoms with Crippen molar-refractivity contribution >= 4 is 34.9 Å². The zero-order chi connectivity index (χ0) is 18.4. The maximum Gasteiger partial charge on any atom is 0.268 e. The molecule has 0 saturated carbocycles. The molecule has 0 aromatic heterocycles. The lowest BCUT2D eigenvalue weighted by atomic mass is 10.3. The molecule has 1 aromatic carbocycles. The smallest absolute Gasteiger partial charge is 0.268 e. The average molecular weight is 397 g/mol. The van der Waals surface area contributed by atoms with Gasteiger partial charge in [-0.05, 0) is 17.7 Å². The first-order valence-corrected chi connectivity index (χ1v) is 11.3. The van der Waals surface area contributed by atoms with Crippen molar-refractivity contribution in [1.82, 2.24) is 0 Å². The van der Waals surface area contributed by atoms with Gasteiger partial charge < -0.3 is 9.47 Å². The van der Waals surface area contributed by atoms with Crippen LogP contribution in [-0.2, 0) is 20.2 Å². The van der Waals surface area contributed by atoms with Crippen molar-refractivity contribution < 1.29 is 35.4 Å². The molecule has 1 atom stereocenters. The van der Waals surface area contributed by atoms with Gasteiger partial charge in [-0.3, -0.25) is 9.11 Å². The second kappa shape index (κ2) is 8.81. The zero-order valence-corrected chi connectivity index (χ0v) is 15.9. The van der Waals surface area contributed by atoms with E-state index in [1.807, 2.05) is 12.1 Å². The molecule has 136 valence electrons. The fourth-order valence-electron chi connectivity index (χ4n) is 2.13. The van der Waals surface area contributed by atoms with Crippen LogP contribution in [0.4, 0.5) is 0 Å². The highest BCUT2D eigenvalue weighted by molar-refractivity contribution is 7.90. The van der Waals surface area contributed by atoms with Crippen LogP contribution in [0.15, 0.2) is 18.2 Å². The number of hydrogen-bond donors (Lipinski definition) is 2. The second-order valence-corrected chi connectivity index (χ2v) is 9.58. The molecule has 8 nitrogen and oxygen atoms in total. The molecular formula is C13H20O8S2Si. The minimum absolute atomic E-state index is 0.0715. The number of para-hydroxylation sites is 1. The predicted octanol–water partition coefficient (Wildman–Crippen LogP) is 0.376. The topological polar surface area (TPSA) is 127 Å². The first kappa shape index (κ1) is 20.9. The molecule has 1 rings (SSSR count). The Labute approximate surface area is 144 Å². The van der Waals surface area contributed by atoms with Crippen LogP contribution < -0.4 is 14.7 Å². The lowest BCUT2D eigenvalue weighted by Gasteiger charge is -2.13. The van der Waals surface area contributed by atoms with E-state index in [0.717, 1.165) is 5.19 Å². The van der Waals surface area contributed by atoms with Gasteiger partial charge in [0.05, 0.1) is 29.5 Å². The molecule has 0 amide bonds. The van der Waals surface area contributed by atoms with Gasteiger partial charge in [0.25, 0.3) is 20.2 Å².